The lowest BCUT2D eigenvalue weighted by Gasteiger charge is -2.10. The highest BCUT2D eigenvalue weighted by Crippen LogP contribution is 2.29. The first-order chi connectivity index (χ1) is 7.95. The Hall–Kier alpha value is -1.86. The van der Waals surface area contributed by atoms with Gasteiger partial charge < -0.3 is 15.6 Å². The molecule has 18 heavy (non-hydrogen) atoms. The number of hydrogen-bond donors (Lipinski definition) is 2. The average molecular weight is 277 g/mol. The van der Waals surface area contributed by atoms with Crippen LogP contribution in [0.5, 0.6) is 5.75 Å². The van der Waals surface area contributed by atoms with Crippen molar-refractivity contribution in [1.29, 1.82) is 0 Å². The Bertz CT molecular complexity index is 452. The summed E-state index contributed by atoms with van der Waals surface area (Å²) in [5.74, 6) is -0.947. The maximum atomic E-state index is 11.0. The molecule has 0 saturated carbocycles. The van der Waals surface area contributed by atoms with Crippen LogP contribution in [0.4, 0.5) is 5.69 Å². The molecule has 3 N–H and O–H groups in total. The van der Waals surface area contributed by atoms with Gasteiger partial charge in [0.2, 0.25) is 0 Å². The summed E-state index contributed by atoms with van der Waals surface area (Å²) in [4.78, 5) is 20.9. The summed E-state index contributed by atoms with van der Waals surface area (Å²) in [7, 11) is 1.23. The Kier molecular flexibility index (Phi) is 6.07. The molecule has 1 atom stereocenters. The van der Waals surface area contributed by atoms with E-state index >= 15 is 0 Å². The molecule has 0 fully saturated rings. The first kappa shape index (κ1) is 16.1. The van der Waals surface area contributed by atoms with Crippen LogP contribution in [0.3, 0.4) is 0 Å². The Balaban J connectivity index is 0.00000289. The third kappa shape index (κ3) is 3.86. The lowest BCUT2D eigenvalue weighted by molar-refractivity contribution is -0.385. The maximum Gasteiger partial charge on any atom is 0.311 e. The topological polar surface area (TPSA) is 116 Å². The van der Waals surface area contributed by atoms with Crippen molar-refractivity contribution in [3.63, 3.8) is 0 Å². The molecule has 0 bridgehead atoms. The van der Waals surface area contributed by atoms with Crippen LogP contribution in [0.1, 0.15) is 18.0 Å². The average Bonchev–Trinajstić information content (AvgIpc) is 2.28. The molecule has 0 saturated heterocycles. The fourth-order valence-electron chi connectivity index (χ4n) is 1.30. The van der Waals surface area contributed by atoms with E-state index in [1.54, 1.807) is 0 Å². The zero-order valence-electron chi connectivity index (χ0n) is 9.53. The van der Waals surface area contributed by atoms with Gasteiger partial charge in [-0.2, -0.15) is 0 Å². The molecule has 0 aliphatic heterocycles. The molecule has 100 valence electrons. The standard InChI is InChI=1S/C10H12N2O5.ClH/c1-17-10(14)5-7(11)6-2-3-9(13)8(4-6)12(15)16;/h2-4,7,13H,5,11H2,1H3;1H/t7-;/m0./s1. The summed E-state index contributed by atoms with van der Waals surface area (Å²) in [6.45, 7) is 0. The molecule has 0 aliphatic carbocycles. The number of nitrogens with zero attached hydrogens (tertiary/aromatic N) is 1. The van der Waals surface area contributed by atoms with Gasteiger partial charge in [-0.25, -0.2) is 0 Å². The minimum Gasteiger partial charge on any atom is -0.502 e. The number of nitro groups is 1. The predicted molar refractivity (Wildman–Crippen MR) is 65.6 cm³/mol. The molecular formula is C10H13ClN2O5. The summed E-state index contributed by atoms with van der Waals surface area (Å²) < 4.78 is 4.44. The number of phenols is 1. The Morgan fingerprint density at radius 1 is 1.61 bits per heavy atom. The normalized spacial score (nSPS) is 11.2. The van der Waals surface area contributed by atoms with Gasteiger partial charge in [0.05, 0.1) is 18.5 Å². The monoisotopic (exact) mass is 276 g/mol. The quantitative estimate of drug-likeness (QED) is 0.486. The Morgan fingerprint density at radius 2 is 2.22 bits per heavy atom. The van der Waals surface area contributed by atoms with Crippen molar-refractivity contribution in [1.82, 2.24) is 0 Å². The smallest absolute Gasteiger partial charge is 0.311 e. The van der Waals surface area contributed by atoms with E-state index in [0.717, 1.165) is 6.07 Å². The molecular weight excluding hydrogens is 264 g/mol. The minimum atomic E-state index is -0.719. The molecule has 0 aliphatic rings. The van der Waals surface area contributed by atoms with E-state index < -0.39 is 28.4 Å². The molecule has 0 aromatic heterocycles. The molecule has 1 rings (SSSR count). The van der Waals surface area contributed by atoms with E-state index in [4.69, 9.17) is 5.73 Å². The predicted octanol–water partition coefficient (Wildman–Crippen LogP) is 1.29. The third-order valence-corrected chi connectivity index (χ3v) is 2.24. The first-order valence-electron chi connectivity index (χ1n) is 4.75. The summed E-state index contributed by atoms with van der Waals surface area (Å²) in [5.41, 5.74) is 5.63. The zero-order valence-corrected chi connectivity index (χ0v) is 10.3. The fourth-order valence-corrected chi connectivity index (χ4v) is 1.30. The summed E-state index contributed by atoms with van der Waals surface area (Å²) in [6, 6.07) is 3.03. The minimum absolute atomic E-state index is 0. The number of halogens is 1. The SMILES string of the molecule is COC(=O)C[C@H](N)c1ccc(O)c([N+](=O)[O-])c1.Cl. The molecule has 0 unspecified atom stereocenters. The van der Waals surface area contributed by atoms with E-state index in [9.17, 15) is 20.0 Å². The summed E-state index contributed by atoms with van der Waals surface area (Å²) in [6.07, 6.45) is -0.0849. The van der Waals surface area contributed by atoms with Crippen LogP contribution in [0.2, 0.25) is 0 Å². The summed E-state index contributed by atoms with van der Waals surface area (Å²) in [5, 5.41) is 19.8. The molecule has 0 spiro atoms. The van der Waals surface area contributed by atoms with Crippen LogP contribution < -0.4 is 5.73 Å². The lowest BCUT2D eigenvalue weighted by Crippen LogP contribution is -2.16. The van der Waals surface area contributed by atoms with Crippen LogP contribution in [-0.4, -0.2) is 23.1 Å². The number of nitrogens with two attached hydrogens (primary N) is 1. The maximum absolute atomic E-state index is 11.0. The highest BCUT2D eigenvalue weighted by atomic mass is 35.5. The van der Waals surface area contributed by atoms with Crippen molar-refractivity contribution in [3.8, 4) is 5.75 Å². The van der Waals surface area contributed by atoms with E-state index in [-0.39, 0.29) is 18.8 Å². The van der Waals surface area contributed by atoms with Crippen LogP contribution in [0.15, 0.2) is 18.2 Å². The lowest BCUT2D eigenvalue weighted by atomic mass is 10.0. The molecule has 1 aromatic rings. The van der Waals surface area contributed by atoms with Crippen molar-refractivity contribution < 1.29 is 19.6 Å². The van der Waals surface area contributed by atoms with Crippen molar-refractivity contribution in [2.24, 2.45) is 5.73 Å². The van der Waals surface area contributed by atoms with Gasteiger partial charge in [-0.05, 0) is 11.6 Å². The molecule has 0 heterocycles. The van der Waals surface area contributed by atoms with Gasteiger partial charge in [0, 0.05) is 12.1 Å². The van der Waals surface area contributed by atoms with Crippen molar-refractivity contribution in [2.75, 3.05) is 7.11 Å². The number of carbonyl (C=O) groups is 1. The third-order valence-electron chi connectivity index (χ3n) is 2.24. The van der Waals surface area contributed by atoms with E-state index in [1.807, 2.05) is 0 Å². The first-order valence-corrected chi connectivity index (χ1v) is 4.75. The largest absolute Gasteiger partial charge is 0.502 e. The number of rotatable bonds is 4. The van der Waals surface area contributed by atoms with Gasteiger partial charge in [-0.1, -0.05) is 6.07 Å². The number of aromatic hydroxyl groups is 1. The number of esters is 1. The van der Waals surface area contributed by atoms with E-state index in [0.29, 0.717) is 5.56 Å². The molecule has 1 aromatic carbocycles. The number of methoxy groups -OCH3 is 1. The number of hydrogen-bond acceptors (Lipinski definition) is 6. The molecule has 0 radical (unpaired) electrons. The van der Waals surface area contributed by atoms with Gasteiger partial charge in [-0.15, -0.1) is 12.4 Å². The van der Waals surface area contributed by atoms with Gasteiger partial charge in [0.1, 0.15) is 0 Å². The second-order valence-electron chi connectivity index (χ2n) is 3.39. The van der Waals surface area contributed by atoms with Crippen LogP contribution in [0.25, 0.3) is 0 Å². The van der Waals surface area contributed by atoms with Crippen LogP contribution >= 0.6 is 12.4 Å². The number of nitro benzene ring substituents is 1. The number of phenolic OH excluding ortho intramolecular Hbond substituents is 1. The van der Waals surface area contributed by atoms with E-state index in [1.165, 1.54) is 19.2 Å². The number of carbonyl (C=O) groups excluding carboxylic acids is 1. The highest BCUT2D eigenvalue weighted by Gasteiger charge is 2.18. The highest BCUT2D eigenvalue weighted by molar-refractivity contribution is 5.85. The zero-order chi connectivity index (χ0) is 13.0. The second-order valence-corrected chi connectivity index (χ2v) is 3.39. The molecule has 8 heteroatoms. The van der Waals surface area contributed by atoms with Gasteiger partial charge in [0.25, 0.3) is 0 Å². The van der Waals surface area contributed by atoms with Crippen molar-refractivity contribution >= 4 is 24.1 Å². The van der Waals surface area contributed by atoms with Gasteiger partial charge in [-0.3, -0.25) is 14.9 Å². The Morgan fingerprint density at radius 3 is 2.72 bits per heavy atom. The van der Waals surface area contributed by atoms with Gasteiger partial charge in [0.15, 0.2) is 5.75 Å². The molecule has 0 amide bonds. The number of ether oxygens (including phenoxy) is 1. The van der Waals surface area contributed by atoms with Gasteiger partial charge >= 0.3 is 11.7 Å². The second kappa shape index (κ2) is 6.77. The van der Waals surface area contributed by atoms with Crippen molar-refractivity contribution in [2.45, 2.75) is 12.5 Å². The fraction of sp³-hybridized carbons (Fsp3) is 0.300. The van der Waals surface area contributed by atoms with Crippen LogP contribution in [0, 0.1) is 10.1 Å². The Labute approximate surface area is 109 Å². The summed E-state index contributed by atoms with van der Waals surface area (Å²) >= 11 is 0. The molecule has 7 nitrogen and oxygen atoms in total. The van der Waals surface area contributed by atoms with Crippen molar-refractivity contribution in [3.05, 3.63) is 33.9 Å². The number of benzene rings is 1. The van der Waals surface area contributed by atoms with Crippen LogP contribution in [-0.2, 0) is 9.53 Å². The van der Waals surface area contributed by atoms with E-state index in [2.05, 4.69) is 4.74 Å².